The molecular formula is C11H15N3O. The lowest BCUT2D eigenvalue weighted by molar-refractivity contribution is -0.115. The number of carbonyl (C=O) groups is 1. The minimum Gasteiger partial charge on any atom is -0.347 e. The Labute approximate surface area is 89.1 Å². The zero-order valence-electron chi connectivity index (χ0n) is 8.86. The van der Waals surface area contributed by atoms with Gasteiger partial charge in [-0.15, -0.1) is 0 Å². The lowest BCUT2D eigenvalue weighted by atomic mass is 9.81. The molecule has 0 spiro atoms. The molecule has 1 aromatic rings. The van der Waals surface area contributed by atoms with E-state index in [1.54, 1.807) is 0 Å². The van der Waals surface area contributed by atoms with Crippen molar-refractivity contribution >= 4 is 11.7 Å². The maximum Gasteiger partial charge on any atom is 0.222 e. The molecule has 15 heavy (non-hydrogen) atoms. The molecule has 1 aromatic heterocycles. The van der Waals surface area contributed by atoms with Crippen molar-refractivity contribution in [2.75, 3.05) is 11.9 Å². The third-order valence-electron chi connectivity index (χ3n) is 2.74. The monoisotopic (exact) mass is 205 g/mol. The summed E-state index contributed by atoms with van der Waals surface area (Å²) in [5.74, 6) is 1.28. The fourth-order valence-electron chi connectivity index (χ4n) is 1.59. The van der Waals surface area contributed by atoms with Crippen molar-refractivity contribution in [2.24, 2.45) is 0 Å². The van der Waals surface area contributed by atoms with Gasteiger partial charge in [0.1, 0.15) is 5.78 Å². The highest BCUT2D eigenvalue weighted by Crippen LogP contribution is 2.35. The van der Waals surface area contributed by atoms with Crippen LogP contribution in [0.15, 0.2) is 12.4 Å². The maximum absolute atomic E-state index is 10.7. The van der Waals surface area contributed by atoms with Gasteiger partial charge in [-0.2, -0.15) is 0 Å². The van der Waals surface area contributed by atoms with Gasteiger partial charge in [0.25, 0.3) is 0 Å². The van der Waals surface area contributed by atoms with Crippen molar-refractivity contribution in [3.63, 3.8) is 0 Å². The van der Waals surface area contributed by atoms with Crippen LogP contribution >= 0.6 is 0 Å². The number of anilines is 1. The largest absolute Gasteiger partial charge is 0.347 e. The van der Waals surface area contributed by atoms with Crippen LogP contribution in [0.1, 0.15) is 37.7 Å². The van der Waals surface area contributed by atoms with E-state index in [2.05, 4.69) is 15.3 Å². The number of carbonyl (C=O) groups excluding carboxylic acids is 1. The van der Waals surface area contributed by atoms with Gasteiger partial charge in [-0.3, -0.25) is 4.79 Å². The van der Waals surface area contributed by atoms with Crippen molar-refractivity contribution in [3.8, 4) is 0 Å². The van der Waals surface area contributed by atoms with E-state index in [1.807, 2.05) is 12.4 Å². The van der Waals surface area contributed by atoms with E-state index in [0.717, 1.165) is 0 Å². The third kappa shape index (κ3) is 2.52. The topological polar surface area (TPSA) is 54.9 Å². The Kier molecular flexibility index (Phi) is 2.94. The van der Waals surface area contributed by atoms with Crippen LogP contribution in [0.4, 0.5) is 5.95 Å². The molecule has 1 aliphatic rings. The van der Waals surface area contributed by atoms with Gasteiger partial charge in [-0.25, -0.2) is 9.97 Å². The molecule has 0 unspecified atom stereocenters. The molecule has 0 saturated heterocycles. The highest BCUT2D eigenvalue weighted by Gasteiger charge is 2.19. The first-order valence-electron chi connectivity index (χ1n) is 5.31. The second kappa shape index (κ2) is 4.38. The summed E-state index contributed by atoms with van der Waals surface area (Å²) in [6, 6.07) is 0. The van der Waals surface area contributed by atoms with E-state index in [-0.39, 0.29) is 5.78 Å². The molecule has 4 heteroatoms. The summed E-state index contributed by atoms with van der Waals surface area (Å²) < 4.78 is 0. The van der Waals surface area contributed by atoms with Crippen LogP contribution < -0.4 is 5.32 Å². The van der Waals surface area contributed by atoms with Gasteiger partial charge in [-0.1, -0.05) is 6.42 Å². The molecule has 1 N–H and O–H groups in total. The van der Waals surface area contributed by atoms with Crippen molar-refractivity contribution in [1.82, 2.24) is 9.97 Å². The number of hydrogen-bond donors (Lipinski definition) is 1. The van der Waals surface area contributed by atoms with E-state index in [4.69, 9.17) is 0 Å². The van der Waals surface area contributed by atoms with E-state index >= 15 is 0 Å². The first kappa shape index (κ1) is 10.1. The number of nitrogens with one attached hydrogen (secondary N) is 1. The number of Topliss-reactive ketones (excluding diaryl/α,β-unsaturated/α-hetero) is 1. The lowest BCUT2D eigenvalue weighted by Gasteiger charge is -2.24. The molecule has 0 aromatic carbocycles. The number of ketones is 1. The quantitative estimate of drug-likeness (QED) is 0.813. The Morgan fingerprint density at radius 3 is 2.60 bits per heavy atom. The summed E-state index contributed by atoms with van der Waals surface area (Å²) in [5, 5.41) is 2.87. The molecule has 0 amide bonds. The lowest BCUT2D eigenvalue weighted by Crippen LogP contribution is -2.13. The predicted octanol–water partition coefficient (Wildman–Crippen LogP) is 1.74. The molecule has 1 saturated carbocycles. The van der Waals surface area contributed by atoms with Gasteiger partial charge in [0.15, 0.2) is 0 Å². The maximum atomic E-state index is 10.7. The van der Waals surface area contributed by atoms with Gasteiger partial charge in [0.2, 0.25) is 5.95 Å². The molecule has 1 aliphatic carbocycles. The first-order chi connectivity index (χ1) is 7.25. The Hall–Kier alpha value is -1.45. The standard InChI is InChI=1S/C11H15N3O/c1-8(15)5-12-11-13-6-10(7-14-11)9-3-2-4-9/h6-7,9H,2-5H2,1H3,(H,12,13,14). The van der Waals surface area contributed by atoms with Crippen molar-refractivity contribution < 1.29 is 4.79 Å². The van der Waals surface area contributed by atoms with E-state index < -0.39 is 0 Å². The van der Waals surface area contributed by atoms with E-state index in [1.165, 1.54) is 31.7 Å². The third-order valence-corrected chi connectivity index (χ3v) is 2.74. The van der Waals surface area contributed by atoms with Crippen LogP contribution in [0, 0.1) is 0 Å². The number of rotatable bonds is 4. The number of aromatic nitrogens is 2. The molecule has 1 heterocycles. The Morgan fingerprint density at radius 1 is 1.47 bits per heavy atom. The van der Waals surface area contributed by atoms with Gasteiger partial charge in [-0.05, 0) is 31.2 Å². The van der Waals surface area contributed by atoms with E-state index in [0.29, 0.717) is 18.4 Å². The predicted molar refractivity (Wildman–Crippen MR) is 57.8 cm³/mol. The first-order valence-corrected chi connectivity index (χ1v) is 5.31. The molecule has 80 valence electrons. The molecule has 1 fully saturated rings. The highest BCUT2D eigenvalue weighted by molar-refractivity contribution is 5.79. The van der Waals surface area contributed by atoms with Crippen LogP contribution in [0.3, 0.4) is 0 Å². The SMILES string of the molecule is CC(=O)CNc1ncc(C2CCC2)cn1. The van der Waals surface area contributed by atoms with Crippen LogP contribution in [0.25, 0.3) is 0 Å². The normalized spacial score (nSPS) is 15.8. The second-order valence-corrected chi connectivity index (χ2v) is 4.02. The van der Waals surface area contributed by atoms with Crippen LogP contribution in [0.5, 0.6) is 0 Å². The number of hydrogen-bond acceptors (Lipinski definition) is 4. The Balaban J connectivity index is 1.94. The van der Waals surface area contributed by atoms with Gasteiger partial charge < -0.3 is 5.32 Å². The van der Waals surface area contributed by atoms with Gasteiger partial charge >= 0.3 is 0 Å². The summed E-state index contributed by atoms with van der Waals surface area (Å²) in [6.45, 7) is 1.83. The fourth-order valence-corrected chi connectivity index (χ4v) is 1.59. The molecule has 0 aliphatic heterocycles. The average molecular weight is 205 g/mol. The van der Waals surface area contributed by atoms with E-state index in [9.17, 15) is 4.79 Å². The highest BCUT2D eigenvalue weighted by atomic mass is 16.1. The summed E-state index contributed by atoms with van der Waals surface area (Å²) in [7, 11) is 0. The van der Waals surface area contributed by atoms with Crippen LogP contribution in [-0.4, -0.2) is 22.3 Å². The van der Waals surface area contributed by atoms with Crippen LogP contribution in [-0.2, 0) is 4.79 Å². The summed E-state index contributed by atoms with van der Waals surface area (Å²) >= 11 is 0. The van der Waals surface area contributed by atoms with Gasteiger partial charge in [0.05, 0.1) is 6.54 Å². The Bertz CT molecular complexity index is 343. The average Bonchev–Trinajstić information content (AvgIpc) is 2.14. The summed E-state index contributed by atoms with van der Waals surface area (Å²) in [6.07, 6.45) is 7.54. The molecular weight excluding hydrogens is 190 g/mol. The molecule has 0 bridgehead atoms. The minimum absolute atomic E-state index is 0.0849. The summed E-state index contributed by atoms with van der Waals surface area (Å²) in [5.41, 5.74) is 1.22. The molecule has 0 radical (unpaired) electrons. The smallest absolute Gasteiger partial charge is 0.222 e. The van der Waals surface area contributed by atoms with Crippen molar-refractivity contribution in [3.05, 3.63) is 18.0 Å². The number of nitrogens with zero attached hydrogens (tertiary/aromatic N) is 2. The zero-order valence-corrected chi connectivity index (χ0v) is 8.86. The molecule has 0 atom stereocenters. The summed E-state index contributed by atoms with van der Waals surface area (Å²) in [4.78, 5) is 19.1. The van der Waals surface area contributed by atoms with Crippen LogP contribution in [0.2, 0.25) is 0 Å². The van der Waals surface area contributed by atoms with Gasteiger partial charge in [0, 0.05) is 12.4 Å². The van der Waals surface area contributed by atoms with Crippen molar-refractivity contribution in [2.45, 2.75) is 32.1 Å². The Morgan fingerprint density at radius 2 is 2.13 bits per heavy atom. The molecule has 4 nitrogen and oxygen atoms in total. The molecule has 2 rings (SSSR count). The van der Waals surface area contributed by atoms with Crippen molar-refractivity contribution in [1.29, 1.82) is 0 Å². The zero-order chi connectivity index (χ0) is 10.7. The fraction of sp³-hybridized carbons (Fsp3) is 0.545. The minimum atomic E-state index is 0.0849. The second-order valence-electron chi connectivity index (χ2n) is 4.02.